The van der Waals surface area contributed by atoms with Crippen LogP contribution in [-0.4, -0.2) is 5.78 Å². The molecule has 2 aromatic carbocycles. The van der Waals surface area contributed by atoms with Gasteiger partial charge in [0.1, 0.15) is 5.82 Å². The number of carbonyl (C=O) groups is 1. The van der Waals surface area contributed by atoms with E-state index in [-0.39, 0.29) is 30.8 Å². The van der Waals surface area contributed by atoms with Gasteiger partial charge in [-0.15, -0.1) is 0 Å². The Hall–Kier alpha value is -2.24. The second-order valence-corrected chi connectivity index (χ2v) is 7.63. The quantitative estimate of drug-likeness (QED) is 0.376. The molecule has 0 saturated heterocycles. The van der Waals surface area contributed by atoms with Crippen LogP contribution in [0.4, 0.5) is 22.0 Å². The summed E-state index contributed by atoms with van der Waals surface area (Å²) >= 11 is 0. The van der Waals surface area contributed by atoms with E-state index in [2.05, 4.69) is 0 Å². The standard InChI is InChI=1S/C22H21F5O.H2/c1-21(24,25)14-8-10-16(19(23)12-14)15-9-7-13(15)11-20(28)17-5-3-4-6-18(17)22(2,26)27;/h3-6,8,10,12-13,15H,7,9,11H2,1-2H3;1H/t13-,15?;/m0./s1. The van der Waals surface area contributed by atoms with Crippen molar-refractivity contribution < 1.29 is 28.2 Å². The van der Waals surface area contributed by atoms with Gasteiger partial charge in [0.2, 0.25) is 0 Å². The van der Waals surface area contributed by atoms with Gasteiger partial charge >= 0.3 is 0 Å². The molecule has 0 N–H and O–H groups in total. The molecule has 6 heteroatoms. The average molecular weight is 398 g/mol. The smallest absolute Gasteiger partial charge is 0.271 e. The Morgan fingerprint density at radius 3 is 2.25 bits per heavy atom. The molecule has 1 aliphatic carbocycles. The average Bonchev–Trinajstić information content (AvgIpc) is 2.58. The predicted octanol–water partition coefficient (Wildman–Crippen LogP) is 7.06. The van der Waals surface area contributed by atoms with Crippen molar-refractivity contribution in [3.63, 3.8) is 0 Å². The molecule has 0 aliphatic heterocycles. The molecule has 2 atom stereocenters. The fourth-order valence-corrected chi connectivity index (χ4v) is 3.78. The molecule has 28 heavy (non-hydrogen) atoms. The van der Waals surface area contributed by atoms with E-state index in [1.807, 2.05) is 0 Å². The Kier molecular flexibility index (Phi) is 5.34. The van der Waals surface area contributed by atoms with Gasteiger partial charge in [-0.2, -0.15) is 0 Å². The Balaban J connectivity index is 0.00000300. The van der Waals surface area contributed by atoms with Crippen molar-refractivity contribution in [3.8, 4) is 0 Å². The first-order chi connectivity index (χ1) is 13.0. The molecular weight excluding hydrogens is 375 g/mol. The van der Waals surface area contributed by atoms with E-state index < -0.39 is 29.0 Å². The molecule has 3 rings (SSSR count). The van der Waals surface area contributed by atoms with Crippen molar-refractivity contribution in [2.45, 2.75) is 50.9 Å². The number of carbonyl (C=O) groups excluding carboxylic acids is 1. The Labute approximate surface area is 162 Å². The van der Waals surface area contributed by atoms with Gasteiger partial charge in [0, 0.05) is 38.4 Å². The highest BCUT2D eigenvalue weighted by Crippen LogP contribution is 2.46. The van der Waals surface area contributed by atoms with E-state index in [1.54, 1.807) is 0 Å². The van der Waals surface area contributed by atoms with Crippen LogP contribution in [0, 0.1) is 11.7 Å². The van der Waals surface area contributed by atoms with Crippen LogP contribution in [0.25, 0.3) is 0 Å². The van der Waals surface area contributed by atoms with Gasteiger partial charge in [-0.1, -0.05) is 36.4 Å². The molecule has 152 valence electrons. The SMILES string of the molecule is CC(F)(F)c1ccc(C2CC[C@H]2CC(=O)c2ccccc2C(C)(F)F)c(F)c1.[HH]. The van der Waals surface area contributed by atoms with Gasteiger partial charge in [0.05, 0.1) is 0 Å². The zero-order valence-corrected chi connectivity index (χ0v) is 15.6. The summed E-state index contributed by atoms with van der Waals surface area (Å²) in [5.74, 6) is -7.89. The number of benzene rings is 2. The van der Waals surface area contributed by atoms with Crippen LogP contribution < -0.4 is 0 Å². The lowest BCUT2D eigenvalue weighted by atomic mass is 9.67. The summed E-state index contributed by atoms with van der Waals surface area (Å²) in [6.45, 7) is 1.44. The Bertz CT molecular complexity index is 886. The van der Waals surface area contributed by atoms with Crippen LogP contribution in [0.1, 0.15) is 67.5 Å². The third-order valence-electron chi connectivity index (χ3n) is 5.47. The molecule has 1 unspecified atom stereocenters. The summed E-state index contributed by atoms with van der Waals surface area (Å²) in [6.07, 6.45) is 1.30. The lowest BCUT2D eigenvalue weighted by Crippen LogP contribution is -2.28. The van der Waals surface area contributed by atoms with Gasteiger partial charge in [-0.05, 0) is 36.3 Å². The first-order valence-corrected chi connectivity index (χ1v) is 9.16. The number of alkyl halides is 4. The second kappa shape index (κ2) is 7.30. The maximum absolute atomic E-state index is 14.4. The minimum Gasteiger partial charge on any atom is -0.294 e. The monoisotopic (exact) mass is 398 g/mol. The highest BCUT2D eigenvalue weighted by molar-refractivity contribution is 5.98. The molecular formula is C22H23F5O. The molecule has 0 bridgehead atoms. The third-order valence-corrected chi connectivity index (χ3v) is 5.47. The van der Waals surface area contributed by atoms with Gasteiger partial charge in [0.25, 0.3) is 11.8 Å². The van der Waals surface area contributed by atoms with E-state index in [1.165, 1.54) is 36.4 Å². The van der Waals surface area contributed by atoms with Crippen molar-refractivity contribution in [3.05, 3.63) is 70.5 Å². The van der Waals surface area contributed by atoms with Crippen LogP contribution in [-0.2, 0) is 11.8 Å². The first-order valence-electron chi connectivity index (χ1n) is 9.16. The topological polar surface area (TPSA) is 17.1 Å². The van der Waals surface area contributed by atoms with E-state index in [4.69, 9.17) is 0 Å². The number of hydrogen-bond donors (Lipinski definition) is 0. The predicted molar refractivity (Wildman–Crippen MR) is 98.5 cm³/mol. The van der Waals surface area contributed by atoms with Gasteiger partial charge < -0.3 is 0 Å². The first kappa shape index (κ1) is 20.5. The van der Waals surface area contributed by atoms with E-state index in [9.17, 15) is 26.7 Å². The van der Waals surface area contributed by atoms with E-state index >= 15 is 0 Å². The third kappa shape index (κ3) is 4.10. The van der Waals surface area contributed by atoms with E-state index in [0.717, 1.165) is 13.0 Å². The molecule has 0 spiro atoms. The lowest BCUT2D eigenvalue weighted by molar-refractivity contribution is 0.0159. The minimum atomic E-state index is -3.14. The minimum absolute atomic E-state index is 0. The van der Waals surface area contributed by atoms with Crippen LogP contribution in [0.5, 0.6) is 0 Å². The fourth-order valence-electron chi connectivity index (χ4n) is 3.78. The zero-order valence-electron chi connectivity index (χ0n) is 15.6. The molecule has 0 heterocycles. The van der Waals surface area contributed by atoms with Crippen molar-refractivity contribution in [2.24, 2.45) is 5.92 Å². The summed E-state index contributed by atoms with van der Waals surface area (Å²) in [7, 11) is 0. The van der Waals surface area contributed by atoms with Crippen molar-refractivity contribution >= 4 is 5.78 Å². The number of rotatable bonds is 6. The zero-order chi connectivity index (χ0) is 20.7. The lowest BCUT2D eigenvalue weighted by Gasteiger charge is -2.37. The van der Waals surface area contributed by atoms with Crippen LogP contribution in [0.15, 0.2) is 42.5 Å². The van der Waals surface area contributed by atoms with Gasteiger partial charge in [0.15, 0.2) is 5.78 Å². The number of hydrogen-bond acceptors (Lipinski definition) is 1. The van der Waals surface area contributed by atoms with Crippen molar-refractivity contribution in [1.82, 2.24) is 0 Å². The summed E-state index contributed by atoms with van der Waals surface area (Å²) < 4.78 is 68.7. The summed E-state index contributed by atoms with van der Waals surface area (Å²) in [5, 5.41) is 0. The highest BCUT2D eigenvalue weighted by Gasteiger charge is 2.37. The summed E-state index contributed by atoms with van der Waals surface area (Å²) in [5.41, 5.74) is -0.454. The fraction of sp³-hybridized carbons (Fsp3) is 0.409. The van der Waals surface area contributed by atoms with Gasteiger partial charge in [-0.25, -0.2) is 22.0 Å². The van der Waals surface area contributed by atoms with Crippen LogP contribution >= 0.6 is 0 Å². The second-order valence-electron chi connectivity index (χ2n) is 7.63. The van der Waals surface area contributed by atoms with Crippen LogP contribution in [0.2, 0.25) is 0 Å². The van der Waals surface area contributed by atoms with E-state index in [0.29, 0.717) is 25.3 Å². The number of halogens is 5. The molecule has 0 radical (unpaired) electrons. The largest absolute Gasteiger partial charge is 0.294 e. The number of Topliss-reactive ketones (excluding diaryl/α,β-unsaturated/α-hetero) is 1. The van der Waals surface area contributed by atoms with Crippen molar-refractivity contribution in [2.75, 3.05) is 0 Å². The van der Waals surface area contributed by atoms with Crippen LogP contribution in [0.3, 0.4) is 0 Å². The molecule has 0 amide bonds. The maximum atomic E-state index is 14.4. The summed E-state index contributed by atoms with van der Waals surface area (Å²) in [6, 6.07) is 8.97. The summed E-state index contributed by atoms with van der Waals surface area (Å²) in [4.78, 5) is 12.6. The Morgan fingerprint density at radius 2 is 1.71 bits per heavy atom. The Morgan fingerprint density at radius 1 is 1.04 bits per heavy atom. The van der Waals surface area contributed by atoms with Gasteiger partial charge in [-0.3, -0.25) is 4.79 Å². The molecule has 2 aromatic rings. The normalized spacial score (nSPS) is 20.0. The number of ketones is 1. The molecule has 0 aromatic heterocycles. The molecule has 1 fully saturated rings. The highest BCUT2D eigenvalue weighted by atomic mass is 19.3. The molecule has 1 saturated carbocycles. The molecule has 1 nitrogen and oxygen atoms in total. The maximum Gasteiger partial charge on any atom is 0.271 e. The van der Waals surface area contributed by atoms with Crippen molar-refractivity contribution in [1.29, 1.82) is 0 Å². The molecule has 1 aliphatic rings.